The molecule has 4 fully saturated rings. The van der Waals surface area contributed by atoms with Gasteiger partial charge in [0.25, 0.3) is 0 Å². The van der Waals surface area contributed by atoms with E-state index in [2.05, 4.69) is 21.6 Å². The summed E-state index contributed by atoms with van der Waals surface area (Å²) in [5.74, 6) is 1.19. The van der Waals surface area contributed by atoms with Gasteiger partial charge in [0.15, 0.2) is 0 Å². The smallest absolute Gasteiger partial charge is 0.237 e. The number of carbonyl (C=O) groups is 1. The lowest BCUT2D eigenvalue weighted by Gasteiger charge is -2.45. The minimum absolute atomic E-state index is 0.367. The predicted octanol–water partition coefficient (Wildman–Crippen LogP) is 2.35. The molecule has 0 aromatic carbocycles. The maximum absolute atomic E-state index is 13.0. The highest BCUT2D eigenvalue weighted by Gasteiger charge is 2.36. The van der Waals surface area contributed by atoms with Crippen molar-refractivity contribution in [2.24, 2.45) is 5.92 Å². The van der Waals surface area contributed by atoms with E-state index in [-0.39, 0.29) is 0 Å². The van der Waals surface area contributed by atoms with E-state index in [0.29, 0.717) is 30.6 Å². The normalized spacial score (nSPS) is 35.3. The lowest BCUT2D eigenvalue weighted by molar-refractivity contribution is -0.139. The Morgan fingerprint density at radius 2 is 1.73 bits per heavy atom. The average molecular weight is 364 g/mol. The van der Waals surface area contributed by atoms with E-state index >= 15 is 0 Å². The molecule has 0 spiro atoms. The molecule has 3 atom stereocenters. The summed E-state index contributed by atoms with van der Waals surface area (Å²) >= 11 is 0. The molecule has 3 heterocycles. The summed E-state index contributed by atoms with van der Waals surface area (Å²) in [5.41, 5.74) is 0. The van der Waals surface area contributed by atoms with Gasteiger partial charge in [-0.15, -0.1) is 0 Å². The number of amides is 1. The Morgan fingerprint density at radius 1 is 0.962 bits per heavy atom. The number of rotatable bonds is 3. The number of fused-ring (bicyclic) bond motifs is 1. The summed E-state index contributed by atoms with van der Waals surface area (Å²) in [5, 5.41) is 0. The van der Waals surface area contributed by atoms with Gasteiger partial charge >= 0.3 is 0 Å². The number of hydrogen-bond acceptors (Lipinski definition) is 4. The Bertz CT molecular complexity index is 476. The van der Waals surface area contributed by atoms with Crippen LogP contribution < -0.4 is 0 Å². The van der Waals surface area contributed by atoms with Crippen molar-refractivity contribution in [2.45, 2.75) is 76.5 Å². The highest BCUT2D eigenvalue weighted by Crippen LogP contribution is 2.35. The van der Waals surface area contributed by atoms with Gasteiger partial charge in [-0.3, -0.25) is 14.6 Å². The van der Waals surface area contributed by atoms with Crippen LogP contribution in [0.5, 0.6) is 0 Å². The zero-order valence-electron chi connectivity index (χ0n) is 16.6. The molecule has 3 saturated heterocycles. The van der Waals surface area contributed by atoms with Crippen molar-refractivity contribution in [1.82, 2.24) is 14.7 Å². The molecule has 1 amide bonds. The standard InChI is InChI=1S/C21H37N3O2/c1-17-15-23(13-14-26-17)19-8-11-22(12-9-19)16-21(25)24-10-4-6-18-5-2-3-7-20(18)24/h17-20H,2-16H2,1H3. The summed E-state index contributed by atoms with van der Waals surface area (Å²) in [4.78, 5) is 20.3. The molecule has 1 saturated carbocycles. The number of nitrogens with zero attached hydrogens (tertiary/aromatic N) is 3. The second-order valence-corrected chi connectivity index (χ2v) is 9.02. The topological polar surface area (TPSA) is 36.0 Å². The Balaban J connectivity index is 1.25. The minimum atomic E-state index is 0.367. The third-order valence-electron chi connectivity index (χ3n) is 7.27. The molecule has 0 aromatic rings. The van der Waals surface area contributed by atoms with Crippen molar-refractivity contribution < 1.29 is 9.53 Å². The molecule has 5 nitrogen and oxygen atoms in total. The maximum atomic E-state index is 13.0. The molecule has 1 aliphatic carbocycles. The van der Waals surface area contributed by atoms with Crippen LogP contribution in [0.15, 0.2) is 0 Å². The molecule has 0 aromatic heterocycles. The second-order valence-electron chi connectivity index (χ2n) is 9.02. The lowest BCUT2D eigenvalue weighted by atomic mass is 9.78. The zero-order chi connectivity index (χ0) is 17.9. The number of morpholine rings is 1. The van der Waals surface area contributed by atoms with Crippen LogP contribution in [-0.4, -0.2) is 84.7 Å². The summed E-state index contributed by atoms with van der Waals surface area (Å²) in [6.45, 7) is 8.99. The molecule has 5 heteroatoms. The van der Waals surface area contributed by atoms with E-state index in [1.165, 1.54) is 51.4 Å². The van der Waals surface area contributed by atoms with Gasteiger partial charge < -0.3 is 9.64 Å². The Labute approximate surface area is 159 Å². The highest BCUT2D eigenvalue weighted by molar-refractivity contribution is 5.78. The predicted molar refractivity (Wildman–Crippen MR) is 103 cm³/mol. The molecule has 3 unspecified atom stereocenters. The lowest BCUT2D eigenvalue weighted by Crippen LogP contribution is -2.54. The zero-order valence-corrected chi connectivity index (χ0v) is 16.6. The van der Waals surface area contributed by atoms with Gasteiger partial charge in [-0.05, 0) is 51.4 Å². The first-order chi connectivity index (χ1) is 12.7. The van der Waals surface area contributed by atoms with Crippen molar-refractivity contribution >= 4 is 5.91 Å². The molecular formula is C21H37N3O2. The second kappa shape index (κ2) is 8.57. The third kappa shape index (κ3) is 4.26. The number of piperidine rings is 2. The fourth-order valence-corrected chi connectivity index (χ4v) is 5.84. The third-order valence-corrected chi connectivity index (χ3v) is 7.27. The number of carbonyl (C=O) groups excluding carboxylic acids is 1. The van der Waals surface area contributed by atoms with E-state index < -0.39 is 0 Å². The van der Waals surface area contributed by atoms with Gasteiger partial charge in [0.05, 0.1) is 19.3 Å². The summed E-state index contributed by atoms with van der Waals surface area (Å²) in [7, 11) is 0. The van der Waals surface area contributed by atoms with Crippen LogP contribution in [0, 0.1) is 5.92 Å². The van der Waals surface area contributed by atoms with Crippen LogP contribution in [0.25, 0.3) is 0 Å². The summed E-state index contributed by atoms with van der Waals surface area (Å²) in [6.07, 6.45) is 10.6. The molecule has 4 aliphatic rings. The first kappa shape index (κ1) is 18.7. The van der Waals surface area contributed by atoms with Gasteiger partial charge in [0, 0.05) is 44.8 Å². The highest BCUT2D eigenvalue weighted by atomic mass is 16.5. The van der Waals surface area contributed by atoms with E-state index in [1.807, 2.05) is 0 Å². The Morgan fingerprint density at radius 3 is 2.54 bits per heavy atom. The van der Waals surface area contributed by atoms with Gasteiger partial charge in [-0.2, -0.15) is 0 Å². The van der Waals surface area contributed by atoms with E-state index in [1.54, 1.807) is 0 Å². The van der Waals surface area contributed by atoms with Crippen molar-refractivity contribution in [3.63, 3.8) is 0 Å². The van der Waals surface area contributed by atoms with Crippen molar-refractivity contribution in [1.29, 1.82) is 0 Å². The number of likely N-dealkylation sites (tertiary alicyclic amines) is 2. The van der Waals surface area contributed by atoms with E-state index in [0.717, 1.165) is 45.2 Å². The van der Waals surface area contributed by atoms with Crippen molar-refractivity contribution in [2.75, 3.05) is 45.9 Å². The van der Waals surface area contributed by atoms with Crippen LogP contribution in [0.1, 0.15) is 58.3 Å². The van der Waals surface area contributed by atoms with Gasteiger partial charge in [0.2, 0.25) is 5.91 Å². The van der Waals surface area contributed by atoms with E-state index in [9.17, 15) is 4.79 Å². The van der Waals surface area contributed by atoms with Crippen LogP contribution in [-0.2, 0) is 9.53 Å². The molecule has 3 aliphatic heterocycles. The van der Waals surface area contributed by atoms with Crippen LogP contribution in [0.4, 0.5) is 0 Å². The maximum Gasteiger partial charge on any atom is 0.237 e. The van der Waals surface area contributed by atoms with Crippen LogP contribution in [0.2, 0.25) is 0 Å². The molecular weight excluding hydrogens is 326 g/mol. The Hall–Kier alpha value is -0.650. The van der Waals surface area contributed by atoms with Gasteiger partial charge in [0.1, 0.15) is 0 Å². The van der Waals surface area contributed by atoms with Crippen LogP contribution >= 0.6 is 0 Å². The fourth-order valence-electron chi connectivity index (χ4n) is 5.84. The number of hydrogen-bond donors (Lipinski definition) is 0. The fraction of sp³-hybridized carbons (Fsp3) is 0.952. The van der Waals surface area contributed by atoms with Crippen molar-refractivity contribution in [3.05, 3.63) is 0 Å². The molecule has 148 valence electrons. The largest absolute Gasteiger partial charge is 0.376 e. The average Bonchev–Trinajstić information content (AvgIpc) is 2.68. The van der Waals surface area contributed by atoms with E-state index in [4.69, 9.17) is 4.74 Å². The molecule has 0 bridgehead atoms. The summed E-state index contributed by atoms with van der Waals surface area (Å²) < 4.78 is 5.68. The Kier molecular flexibility index (Phi) is 6.17. The van der Waals surface area contributed by atoms with Gasteiger partial charge in [-0.1, -0.05) is 12.8 Å². The van der Waals surface area contributed by atoms with Gasteiger partial charge in [-0.25, -0.2) is 0 Å². The van der Waals surface area contributed by atoms with Crippen LogP contribution in [0.3, 0.4) is 0 Å². The quantitative estimate of drug-likeness (QED) is 0.771. The van der Waals surface area contributed by atoms with Crippen molar-refractivity contribution in [3.8, 4) is 0 Å². The monoisotopic (exact) mass is 363 g/mol. The number of ether oxygens (including phenoxy) is 1. The molecule has 0 radical (unpaired) electrons. The molecule has 0 N–H and O–H groups in total. The SMILES string of the molecule is CC1CN(C2CCN(CC(=O)N3CCCC4CCCCC43)CC2)CCO1. The first-order valence-corrected chi connectivity index (χ1v) is 11.1. The summed E-state index contributed by atoms with van der Waals surface area (Å²) in [6, 6.07) is 1.24. The molecule has 4 rings (SSSR count). The minimum Gasteiger partial charge on any atom is -0.376 e. The molecule has 26 heavy (non-hydrogen) atoms. The first-order valence-electron chi connectivity index (χ1n) is 11.1.